The number of halogens is 1. The lowest BCUT2D eigenvalue weighted by Gasteiger charge is -2.33. The van der Waals surface area contributed by atoms with E-state index in [0.29, 0.717) is 34.2 Å². The lowest BCUT2D eigenvalue weighted by atomic mass is 10.2. The molecule has 4 nitrogen and oxygen atoms in total. The first-order valence-electron chi connectivity index (χ1n) is 6.48. The Hall–Kier alpha value is -0.270. The van der Waals surface area contributed by atoms with Crippen LogP contribution in [0.1, 0.15) is 19.4 Å². The van der Waals surface area contributed by atoms with Gasteiger partial charge in [0.1, 0.15) is 0 Å². The van der Waals surface area contributed by atoms with E-state index in [1.54, 1.807) is 22.5 Å². The minimum atomic E-state index is -3.47. The van der Waals surface area contributed by atoms with Crippen LogP contribution in [0.5, 0.6) is 0 Å². The van der Waals surface area contributed by atoms with E-state index < -0.39 is 10.0 Å². The average Bonchev–Trinajstić information content (AvgIpc) is 2.37. The predicted molar refractivity (Wildman–Crippen MR) is 84.6 cm³/mol. The van der Waals surface area contributed by atoms with Gasteiger partial charge < -0.3 is 5.73 Å². The molecule has 1 heterocycles. The van der Waals surface area contributed by atoms with Gasteiger partial charge in [0.2, 0.25) is 10.0 Å². The summed E-state index contributed by atoms with van der Waals surface area (Å²) < 4.78 is 26.9. The van der Waals surface area contributed by atoms with E-state index in [2.05, 4.69) is 13.8 Å². The van der Waals surface area contributed by atoms with E-state index >= 15 is 0 Å². The van der Waals surface area contributed by atoms with E-state index in [9.17, 15) is 8.42 Å². The zero-order valence-corrected chi connectivity index (χ0v) is 13.9. The van der Waals surface area contributed by atoms with Crippen LogP contribution in [0.2, 0.25) is 5.02 Å². The molecule has 1 saturated heterocycles. The van der Waals surface area contributed by atoms with Gasteiger partial charge in [-0.15, -0.1) is 0 Å². The summed E-state index contributed by atoms with van der Waals surface area (Å²) in [4.78, 5) is 0.272. The molecule has 7 heteroatoms. The Morgan fingerprint density at radius 3 is 2.50 bits per heavy atom. The standard InChI is InChI=1S/C13H19ClN2O2S2/c1-9-7-16(8-10(2)19-9)20(17,18)12-3-4-13(14)11(5-12)6-15/h3-5,9-10H,6-8,15H2,1-2H3. The Kier molecular flexibility index (Phi) is 5.02. The number of hydrogen-bond acceptors (Lipinski definition) is 4. The number of hydrogen-bond donors (Lipinski definition) is 1. The first-order chi connectivity index (χ1) is 9.34. The highest BCUT2D eigenvalue weighted by Gasteiger charge is 2.32. The second-order valence-electron chi connectivity index (χ2n) is 5.04. The van der Waals surface area contributed by atoms with Crippen LogP contribution in [0.4, 0.5) is 0 Å². The van der Waals surface area contributed by atoms with Crippen molar-refractivity contribution in [3.05, 3.63) is 28.8 Å². The molecule has 1 fully saturated rings. The molecule has 0 aliphatic carbocycles. The first kappa shape index (κ1) is 16.1. The smallest absolute Gasteiger partial charge is 0.243 e. The zero-order chi connectivity index (χ0) is 14.9. The normalized spacial score (nSPS) is 24.8. The average molecular weight is 335 g/mol. The van der Waals surface area contributed by atoms with Gasteiger partial charge in [-0.3, -0.25) is 0 Å². The van der Waals surface area contributed by atoms with Gasteiger partial charge in [0, 0.05) is 35.2 Å². The van der Waals surface area contributed by atoms with Crippen molar-refractivity contribution < 1.29 is 8.42 Å². The van der Waals surface area contributed by atoms with Crippen LogP contribution in [-0.4, -0.2) is 36.3 Å². The molecule has 20 heavy (non-hydrogen) atoms. The molecule has 0 radical (unpaired) electrons. The van der Waals surface area contributed by atoms with Crippen molar-refractivity contribution in [1.82, 2.24) is 4.31 Å². The molecule has 2 atom stereocenters. The van der Waals surface area contributed by atoms with E-state index in [-0.39, 0.29) is 11.4 Å². The van der Waals surface area contributed by atoms with Crippen molar-refractivity contribution in [3.63, 3.8) is 0 Å². The predicted octanol–water partition coefficient (Wildman–Crippen LogP) is 2.31. The minimum Gasteiger partial charge on any atom is -0.326 e. The molecule has 2 N–H and O–H groups in total. The SMILES string of the molecule is CC1CN(S(=O)(=O)c2ccc(Cl)c(CN)c2)CC(C)S1. The quantitative estimate of drug-likeness (QED) is 0.921. The Balaban J connectivity index is 2.34. The maximum atomic E-state index is 12.7. The highest BCUT2D eigenvalue weighted by Crippen LogP contribution is 2.30. The summed E-state index contributed by atoms with van der Waals surface area (Å²) in [5, 5.41) is 1.10. The topological polar surface area (TPSA) is 63.4 Å². The zero-order valence-electron chi connectivity index (χ0n) is 11.5. The van der Waals surface area contributed by atoms with Crippen molar-refractivity contribution in [2.24, 2.45) is 5.73 Å². The molecule has 0 saturated carbocycles. The van der Waals surface area contributed by atoms with Gasteiger partial charge in [-0.05, 0) is 23.8 Å². The van der Waals surface area contributed by atoms with Crippen LogP contribution in [0, 0.1) is 0 Å². The molecule has 1 aromatic rings. The highest BCUT2D eigenvalue weighted by molar-refractivity contribution is 8.00. The maximum Gasteiger partial charge on any atom is 0.243 e. The largest absolute Gasteiger partial charge is 0.326 e. The summed E-state index contributed by atoms with van der Waals surface area (Å²) >= 11 is 7.81. The van der Waals surface area contributed by atoms with Crippen molar-refractivity contribution in [2.45, 2.75) is 35.8 Å². The van der Waals surface area contributed by atoms with E-state index in [0.717, 1.165) is 0 Å². The number of benzene rings is 1. The first-order valence-corrected chi connectivity index (χ1v) is 9.24. The fourth-order valence-electron chi connectivity index (χ4n) is 2.34. The molecule has 112 valence electrons. The Morgan fingerprint density at radius 2 is 1.95 bits per heavy atom. The number of rotatable bonds is 3. The van der Waals surface area contributed by atoms with E-state index in [1.165, 1.54) is 0 Å². The fourth-order valence-corrected chi connectivity index (χ4v) is 5.72. The Morgan fingerprint density at radius 1 is 1.35 bits per heavy atom. The summed E-state index contributed by atoms with van der Waals surface area (Å²) in [6, 6.07) is 4.73. The third kappa shape index (κ3) is 3.31. The lowest BCUT2D eigenvalue weighted by Crippen LogP contribution is -2.43. The van der Waals surface area contributed by atoms with Crippen LogP contribution in [0.3, 0.4) is 0 Å². The minimum absolute atomic E-state index is 0.227. The van der Waals surface area contributed by atoms with Crippen LogP contribution in [0.15, 0.2) is 23.1 Å². The Bertz CT molecular complexity index is 582. The maximum absolute atomic E-state index is 12.7. The summed E-state index contributed by atoms with van der Waals surface area (Å²) in [6.45, 7) is 5.41. The summed E-state index contributed by atoms with van der Waals surface area (Å²) in [5.74, 6) is 0. The van der Waals surface area contributed by atoms with Crippen LogP contribution in [-0.2, 0) is 16.6 Å². The molecule has 2 unspecified atom stereocenters. The summed E-state index contributed by atoms with van der Waals surface area (Å²) in [7, 11) is -3.47. The van der Waals surface area contributed by atoms with Gasteiger partial charge >= 0.3 is 0 Å². The molecular formula is C13H19ClN2O2S2. The van der Waals surface area contributed by atoms with Crippen molar-refractivity contribution in [3.8, 4) is 0 Å². The second kappa shape index (κ2) is 6.23. The molecule has 0 spiro atoms. The van der Waals surface area contributed by atoms with Crippen LogP contribution in [0.25, 0.3) is 0 Å². The molecule has 1 aliphatic heterocycles. The monoisotopic (exact) mass is 334 g/mol. The van der Waals surface area contributed by atoms with Crippen LogP contribution >= 0.6 is 23.4 Å². The van der Waals surface area contributed by atoms with Gasteiger partial charge in [-0.1, -0.05) is 25.4 Å². The fraction of sp³-hybridized carbons (Fsp3) is 0.538. The highest BCUT2D eigenvalue weighted by atomic mass is 35.5. The summed E-state index contributed by atoms with van der Waals surface area (Å²) in [5.41, 5.74) is 6.24. The van der Waals surface area contributed by atoms with Gasteiger partial charge in [-0.25, -0.2) is 8.42 Å². The number of nitrogens with two attached hydrogens (primary N) is 1. The lowest BCUT2D eigenvalue weighted by molar-refractivity contribution is 0.405. The number of nitrogens with zero attached hydrogens (tertiary/aromatic N) is 1. The number of sulfonamides is 1. The van der Waals surface area contributed by atoms with Gasteiger partial charge in [0.05, 0.1) is 4.90 Å². The molecule has 1 aliphatic rings. The van der Waals surface area contributed by atoms with Crippen LogP contribution < -0.4 is 5.73 Å². The molecule has 0 bridgehead atoms. The molecule has 0 amide bonds. The van der Waals surface area contributed by atoms with Crippen molar-refractivity contribution >= 4 is 33.4 Å². The van der Waals surface area contributed by atoms with E-state index in [4.69, 9.17) is 17.3 Å². The van der Waals surface area contributed by atoms with Crippen molar-refractivity contribution in [1.29, 1.82) is 0 Å². The van der Waals surface area contributed by atoms with Crippen molar-refractivity contribution in [2.75, 3.05) is 13.1 Å². The third-order valence-electron chi connectivity index (χ3n) is 3.26. The van der Waals surface area contributed by atoms with E-state index in [1.807, 2.05) is 11.8 Å². The van der Waals surface area contributed by atoms with Gasteiger partial charge in [0.15, 0.2) is 0 Å². The van der Waals surface area contributed by atoms with Gasteiger partial charge in [0.25, 0.3) is 0 Å². The van der Waals surface area contributed by atoms with Gasteiger partial charge in [-0.2, -0.15) is 16.1 Å². The number of thioether (sulfide) groups is 1. The molecule has 2 rings (SSSR count). The Labute approximate surface area is 129 Å². The second-order valence-corrected chi connectivity index (χ2v) is 9.26. The molecule has 0 aromatic heterocycles. The third-order valence-corrected chi connectivity index (χ3v) is 6.68. The molecule has 1 aromatic carbocycles. The molecular weight excluding hydrogens is 316 g/mol. The summed E-state index contributed by atoms with van der Waals surface area (Å²) in [6.07, 6.45) is 0.